The lowest BCUT2D eigenvalue weighted by Gasteiger charge is -2.21. The molecule has 1 aromatic heterocycles. The van der Waals surface area contributed by atoms with E-state index in [1.807, 2.05) is 50.6 Å². The highest BCUT2D eigenvalue weighted by Crippen LogP contribution is 2.26. The molecule has 2 aromatic carbocycles. The number of ether oxygens (including phenoxy) is 2. The van der Waals surface area contributed by atoms with Gasteiger partial charge in [-0.05, 0) is 49.2 Å². The number of hydrogen-bond acceptors (Lipinski definition) is 7. The standard InChI is InChI=1S/C25H31N5O4S/c1-6-34-20-10-8-7-9-19(20)26-21(31)15-35-25-29-28-23(30(25)4)22(16(2)3)27-24(32)17-11-13-18(33-5)14-12-17/h7-14,16,22H,6,15H2,1-5H3,(H,26,31)(H,27,32)/t22-/m0/s1. The van der Waals surface area contributed by atoms with Crippen molar-refractivity contribution in [3.05, 3.63) is 59.9 Å². The van der Waals surface area contributed by atoms with Crippen molar-refractivity contribution < 1.29 is 19.1 Å². The molecule has 186 valence electrons. The summed E-state index contributed by atoms with van der Waals surface area (Å²) in [6, 6.07) is 13.9. The number of amides is 2. The van der Waals surface area contributed by atoms with Crippen LogP contribution in [0.5, 0.6) is 11.5 Å². The molecule has 1 heterocycles. The summed E-state index contributed by atoms with van der Waals surface area (Å²) >= 11 is 1.27. The smallest absolute Gasteiger partial charge is 0.251 e. The van der Waals surface area contributed by atoms with E-state index >= 15 is 0 Å². The van der Waals surface area contributed by atoms with E-state index in [1.54, 1.807) is 37.4 Å². The number of carbonyl (C=O) groups excluding carboxylic acids is 2. The minimum Gasteiger partial charge on any atom is -0.497 e. The van der Waals surface area contributed by atoms with Gasteiger partial charge in [0.15, 0.2) is 11.0 Å². The maximum atomic E-state index is 12.8. The van der Waals surface area contributed by atoms with Crippen LogP contribution >= 0.6 is 11.8 Å². The van der Waals surface area contributed by atoms with Crippen molar-refractivity contribution in [3.63, 3.8) is 0 Å². The van der Waals surface area contributed by atoms with Crippen molar-refractivity contribution >= 4 is 29.3 Å². The molecule has 3 rings (SSSR count). The highest BCUT2D eigenvalue weighted by Gasteiger charge is 2.25. The maximum Gasteiger partial charge on any atom is 0.251 e. The Kier molecular flexibility index (Phi) is 9.13. The SMILES string of the molecule is CCOc1ccccc1NC(=O)CSc1nnc([C@@H](NC(=O)c2ccc(OC)cc2)C(C)C)n1C. The summed E-state index contributed by atoms with van der Waals surface area (Å²) in [4.78, 5) is 25.4. The fraction of sp³-hybridized carbons (Fsp3) is 0.360. The molecule has 0 fully saturated rings. The molecular weight excluding hydrogens is 466 g/mol. The number of nitrogens with zero attached hydrogens (tertiary/aromatic N) is 3. The minimum absolute atomic E-state index is 0.0660. The van der Waals surface area contributed by atoms with E-state index in [9.17, 15) is 9.59 Å². The highest BCUT2D eigenvalue weighted by atomic mass is 32.2. The van der Waals surface area contributed by atoms with Crippen molar-refractivity contribution in [1.29, 1.82) is 0 Å². The van der Waals surface area contributed by atoms with Gasteiger partial charge in [0, 0.05) is 12.6 Å². The van der Waals surface area contributed by atoms with Crippen LogP contribution in [0.15, 0.2) is 53.7 Å². The van der Waals surface area contributed by atoms with Crippen LogP contribution < -0.4 is 20.1 Å². The van der Waals surface area contributed by atoms with Crippen LogP contribution in [0.2, 0.25) is 0 Å². The zero-order valence-electron chi connectivity index (χ0n) is 20.6. The Bertz CT molecular complexity index is 1150. The molecule has 1 atom stereocenters. The number of carbonyl (C=O) groups is 2. The van der Waals surface area contributed by atoms with Crippen molar-refractivity contribution in [2.24, 2.45) is 13.0 Å². The molecule has 0 aliphatic rings. The largest absolute Gasteiger partial charge is 0.497 e. The van der Waals surface area contributed by atoms with Gasteiger partial charge in [0.2, 0.25) is 5.91 Å². The molecule has 0 aliphatic carbocycles. The number of benzene rings is 2. The number of aromatic nitrogens is 3. The van der Waals surface area contributed by atoms with E-state index in [2.05, 4.69) is 20.8 Å². The number of nitrogens with one attached hydrogen (secondary N) is 2. The fourth-order valence-corrected chi connectivity index (χ4v) is 4.10. The predicted octanol–water partition coefficient (Wildman–Crippen LogP) is 4.08. The van der Waals surface area contributed by atoms with E-state index in [-0.39, 0.29) is 29.5 Å². The van der Waals surface area contributed by atoms with E-state index in [0.717, 1.165) is 0 Å². The molecule has 0 unspecified atom stereocenters. The van der Waals surface area contributed by atoms with Gasteiger partial charge in [-0.3, -0.25) is 9.59 Å². The molecule has 0 radical (unpaired) electrons. The van der Waals surface area contributed by atoms with Gasteiger partial charge in [-0.1, -0.05) is 37.7 Å². The zero-order valence-corrected chi connectivity index (χ0v) is 21.4. The lowest BCUT2D eigenvalue weighted by atomic mass is 10.0. The van der Waals surface area contributed by atoms with Crippen LogP contribution in [0.4, 0.5) is 5.69 Å². The van der Waals surface area contributed by atoms with Gasteiger partial charge in [0.25, 0.3) is 5.91 Å². The first-order chi connectivity index (χ1) is 16.8. The Morgan fingerprint density at radius 1 is 1.09 bits per heavy atom. The molecule has 0 saturated heterocycles. The Morgan fingerprint density at radius 2 is 1.80 bits per heavy atom. The summed E-state index contributed by atoms with van der Waals surface area (Å²) in [7, 11) is 3.41. The predicted molar refractivity (Wildman–Crippen MR) is 136 cm³/mol. The number of thioether (sulfide) groups is 1. The van der Waals surface area contributed by atoms with Gasteiger partial charge in [0.1, 0.15) is 11.5 Å². The van der Waals surface area contributed by atoms with E-state index in [4.69, 9.17) is 9.47 Å². The number of methoxy groups -OCH3 is 1. The topological polar surface area (TPSA) is 107 Å². The molecule has 0 aliphatic heterocycles. The van der Waals surface area contributed by atoms with Crippen LogP contribution in [0.1, 0.15) is 43.0 Å². The molecule has 9 nitrogen and oxygen atoms in total. The molecule has 0 saturated carbocycles. The zero-order chi connectivity index (χ0) is 25.4. The second-order valence-corrected chi connectivity index (χ2v) is 9.03. The van der Waals surface area contributed by atoms with Crippen molar-refractivity contribution in [2.75, 3.05) is 24.8 Å². The van der Waals surface area contributed by atoms with Crippen molar-refractivity contribution in [2.45, 2.75) is 32.0 Å². The van der Waals surface area contributed by atoms with Crippen LogP contribution in [0.3, 0.4) is 0 Å². The summed E-state index contributed by atoms with van der Waals surface area (Å²) in [5.41, 5.74) is 1.15. The van der Waals surface area contributed by atoms with Crippen LogP contribution in [0, 0.1) is 5.92 Å². The van der Waals surface area contributed by atoms with Crippen molar-refractivity contribution in [3.8, 4) is 11.5 Å². The Hall–Kier alpha value is -3.53. The number of rotatable bonds is 11. The normalized spacial score (nSPS) is 11.7. The minimum atomic E-state index is -0.358. The third-order valence-electron chi connectivity index (χ3n) is 5.25. The molecule has 3 aromatic rings. The lowest BCUT2D eigenvalue weighted by Crippen LogP contribution is -2.33. The third-order valence-corrected chi connectivity index (χ3v) is 6.27. The summed E-state index contributed by atoms with van der Waals surface area (Å²) in [6.45, 7) is 6.41. The van der Waals surface area contributed by atoms with E-state index in [0.29, 0.717) is 40.3 Å². The van der Waals surface area contributed by atoms with Crippen LogP contribution in [0.25, 0.3) is 0 Å². The second kappa shape index (κ2) is 12.3. The molecule has 35 heavy (non-hydrogen) atoms. The second-order valence-electron chi connectivity index (χ2n) is 8.09. The Labute approximate surface area is 209 Å². The first kappa shape index (κ1) is 26.1. The maximum absolute atomic E-state index is 12.8. The summed E-state index contributed by atoms with van der Waals surface area (Å²) < 4.78 is 12.5. The fourth-order valence-electron chi connectivity index (χ4n) is 3.39. The Morgan fingerprint density at radius 3 is 2.46 bits per heavy atom. The number of hydrogen-bond donors (Lipinski definition) is 2. The van der Waals surface area contributed by atoms with Gasteiger partial charge < -0.3 is 24.7 Å². The van der Waals surface area contributed by atoms with Gasteiger partial charge in [-0.15, -0.1) is 10.2 Å². The number of para-hydroxylation sites is 2. The molecular formula is C25H31N5O4S. The first-order valence-electron chi connectivity index (χ1n) is 11.3. The van der Waals surface area contributed by atoms with Gasteiger partial charge in [0.05, 0.1) is 31.2 Å². The molecule has 10 heteroatoms. The summed E-state index contributed by atoms with van der Waals surface area (Å²) in [6.07, 6.45) is 0. The van der Waals surface area contributed by atoms with Crippen LogP contribution in [-0.4, -0.2) is 46.0 Å². The van der Waals surface area contributed by atoms with Crippen LogP contribution in [-0.2, 0) is 11.8 Å². The molecule has 0 bridgehead atoms. The average Bonchev–Trinajstić information content (AvgIpc) is 3.22. The van der Waals surface area contributed by atoms with E-state index in [1.165, 1.54) is 11.8 Å². The van der Waals surface area contributed by atoms with Gasteiger partial charge in [-0.2, -0.15) is 0 Å². The first-order valence-corrected chi connectivity index (χ1v) is 12.3. The monoisotopic (exact) mass is 497 g/mol. The molecule has 2 N–H and O–H groups in total. The summed E-state index contributed by atoms with van der Waals surface area (Å²) in [5, 5.41) is 15.1. The highest BCUT2D eigenvalue weighted by molar-refractivity contribution is 7.99. The van der Waals surface area contributed by atoms with E-state index < -0.39 is 0 Å². The van der Waals surface area contributed by atoms with Gasteiger partial charge in [-0.25, -0.2) is 0 Å². The number of anilines is 1. The molecule has 2 amide bonds. The lowest BCUT2D eigenvalue weighted by molar-refractivity contribution is -0.113. The molecule has 0 spiro atoms. The van der Waals surface area contributed by atoms with Gasteiger partial charge >= 0.3 is 0 Å². The quantitative estimate of drug-likeness (QED) is 0.384. The summed E-state index contributed by atoms with van der Waals surface area (Å²) in [5.74, 6) is 1.75. The van der Waals surface area contributed by atoms with Crippen molar-refractivity contribution in [1.82, 2.24) is 20.1 Å². The average molecular weight is 498 g/mol. The third kappa shape index (κ3) is 6.75. The Balaban J connectivity index is 1.65.